The number of benzene rings is 1. The number of nitrogens with zero attached hydrogens (tertiary/aromatic N) is 3. The van der Waals surface area contributed by atoms with Crippen molar-refractivity contribution in [2.75, 3.05) is 6.54 Å². The van der Waals surface area contributed by atoms with Crippen molar-refractivity contribution in [2.24, 2.45) is 0 Å². The van der Waals surface area contributed by atoms with Crippen LogP contribution in [0.5, 0.6) is 0 Å². The molecule has 0 saturated heterocycles. The number of hydrogen-bond donors (Lipinski definition) is 2. The molecule has 2 atom stereocenters. The smallest absolute Gasteiger partial charge is 0.320 e. The van der Waals surface area contributed by atoms with E-state index in [2.05, 4.69) is 15.3 Å². The molecule has 0 amide bonds. The van der Waals surface area contributed by atoms with Gasteiger partial charge in [-0.15, -0.1) is 0 Å². The van der Waals surface area contributed by atoms with Crippen LogP contribution in [-0.4, -0.2) is 26.2 Å². The SMILES string of the molecule is C[C@@H](NC[C@@H](O)c1ccncc1)c1nc2ccccc2n1C(F)F. The zero-order chi connectivity index (χ0) is 17.1. The predicted molar refractivity (Wildman–Crippen MR) is 86.6 cm³/mol. The van der Waals surface area contributed by atoms with E-state index in [0.717, 1.165) is 4.57 Å². The largest absolute Gasteiger partial charge is 0.387 e. The first-order valence-electron chi connectivity index (χ1n) is 7.64. The van der Waals surface area contributed by atoms with Crippen LogP contribution in [0, 0.1) is 0 Å². The van der Waals surface area contributed by atoms with Gasteiger partial charge in [0.25, 0.3) is 0 Å². The van der Waals surface area contributed by atoms with E-state index in [9.17, 15) is 13.9 Å². The minimum atomic E-state index is -2.68. The predicted octanol–water partition coefficient (Wildman–Crippen LogP) is 3.21. The summed E-state index contributed by atoms with van der Waals surface area (Å²) in [6.45, 7) is -0.710. The number of para-hydroxylation sites is 2. The Morgan fingerprint density at radius 3 is 2.58 bits per heavy atom. The van der Waals surface area contributed by atoms with E-state index < -0.39 is 18.7 Å². The molecule has 0 aliphatic rings. The van der Waals surface area contributed by atoms with Gasteiger partial charge in [0.1, 0.15) is 5.82 Å². The first kappa shape index (κ1) is 16.5. The number of fused-ring (bicyclic) bond motifs is 1. The number of aliphatic hydroxyl groups is 1. The summed E-state index contributed by atoms with van der Waals surface area (Å²) in [6.07, 6.45) is 2.44. The third kappa shape index (κ3) is 3.27. The second-order valence-electron chi connectivity index (χ2n) is 5.53. The molecule has 0 radical (unpaired) electrons. The maximum absolute atomic E-state index is 13.5. The second kappa shape index (κ2) is 7.02. The van der Waals surface area contributed by atoms with E-state index in [1.807, 2.05) is 0 Å². The Labute approximate surface area is 138 Å². The third-order valence-electron chi connectivity index (χ3n) is 3.91. The van der Waals surface area contributed by atoms with Gasteiger partial charge in [0.05, 0.1) is 23.2 Å². The lowest BCUT2D eigenvalue weighted by Gasteiger charge is -2.18. The quantitative estimate of drug-likeness (QED) is 0.727. The van der Waals surface area contributed by atoms with E-state index in [1.54, 1.807) is 55.7 Å². The fourth-order valence-corrected chi connectivity index (χ4v) is 2.66. The van der Waals surface area contributed by atoms with E-state index in [4.69, 9.17) is 0 Å². The molecule has 0 aliphatic heterocycles. The number of imidazole rings is 1. The molecule has 0 aliphatic carbocycles. The van der Waals surface area contributed by atoms with Crippen LogP contribution in [0.2, 0.25) is 0 Å². The van der Waals surface area contributed by atoms with Crippen LogP contribution in [0.15, 0.2) is 48.8 Å². The molecule has 5 nitrogen and oxygen atoms in total. The van der Waals surface area contributed by atoms with E-state index in [1.165, 1.54) is 0 Å². The molecule has 126 valence electrons. The Morgan fingerprint density at radius 1 is 1.17 bits per heavy atom. The van der Waals surface area contributed by atoms with Gasteiger partial charge < -0.3 is 10.4 Å². The van der Waals surface area contributed by atoms with Gasteiger partial charge in [-0.3, -0.25) is 9.55 Å². The number of alkyl halides is 2. The highest BCUT2D eigenvalue weighted by Gasteiger charge is 2.22. The van der Waals surface area contributed by atoms with E-state index in [-0.39, 0.29) is 12.4 Å². The third-order valence-corrected chi connectivity index (χ3v) is 3.91. The van der Waals surface area contributed by atoms with E-state index >= 15 is 0 Å². The van der Waals surface area contributed by atoms with Crippen LogP contribution in [0.4, 0.5) is 8.78 Å². The Balaban J connectivity index is 1.79. The molecule has 2 heterocycles. The van der Waals surface area contributed by atoms with Crippen molar-refractivity contribution in [2.45, 2.75) is 25.6 Å². The molecule has 3 aromatic rings. The van der Waals surface area contributed by atoms with Crippen molar-refractivity contribution in [3.05, 3.63) is 60.2 Å². The van der Waals surface area contributed by atoms with Crippen molar-refractivity contribution < 1.29 is 13.9 Å². The van der Waals surface area contributed by atoms with Gasteiger partial charge in [-0.05, 0) is 36.8 Å². The molecular weight excluding hydrogens is 314 g/mol. The molecule has 0 bridgehead atoms. The highest BCUT2D eigenvalue weighted by molar-refractivity contribution is 5.76. The molecule has 0 fully saturated rings. The van der Waals surface area contributed by atoms with Crippen molar-refractivity contribution in [3.63, 3.8) is 0 Å². The standard InChI is InChI=1S/C17H18F2N4O/c1-11(21-10-15(24)12-6-8-20-9-7-12)16-22-13-4-2-3-5-14(13)23(16)17(18)19/h2-9,11,15,17,21,24H,10H2,1H3/t11-,15-/m1/s1. The number of rotatable bonds is 6. The van der Waals surface area contributed by atoms with Crippen LogP contribution < -0.4 is 5.32 Å². The number of halogens is 2. The molecule has 0 spiro atoms. The fourth-order valence-electron chi connectivity index (χ4n) is 2.66. The maximum Gasteiger partial charge on any atom is 0.320 e. The van der Waals surface area contributed by atoms with Crippen molar-refractivity contribution >= 4 is 11.0 Å². The highest BCUT2D eigenvalue weighted by atomic mass is 19.3. The van der Waals surface area contributed by atoms with Gasteiger partial charge in [0.15, 0.2) is 0 Å². The Kier molecular flexibility index (Phi) is 4.82. The molecule has 7 heteroatoms. The number of aliphatic hydroxyl groups excluding tert-OH is 1. The lowest BCUT2D eigenvalue weighted by Crippen LogP contribution is -2.27. The lowest BCUT2D eigenvalue weighted by atomic mass is 10.1. The summed E-state index contributed by atoms with van der Waals surface area (Å²) in [5, 5.41) is 13.2. The molecule has 3 rings (SSSR count). The average Bonchev–Trinajstić information content (AvgIpc) is 3.00. The topological polar surface area (TPSA) is 63.0 Å². The summed E-state index contributed by atoms with van der Waals surface area (Å²) in [5.41, 5.74) is 1.63. The zero-order valence-corrected chi connectivity index (χ0v) is 13.1. The van der Waals surface area contributed by atoms with Crippen LogP contribution in [0.1, 0.15) is 37.0 Å². The highest BCUT2D eigenvalue weighted by Crippen LogP contribution is 2.26. The second-order valence-corrected chi connectivity index (χ2v) is 5.53. The van der Waals surface area contributed by atoms with Crippen molar-refractivity contribution in [1.29, 1.82) is 0 Å². The Hall–Kier alpha value is -2.38. The minimum Gasteiger partial charge on any atom is -0.387 e. The average molecular weight is 332 g/mol. The van der Waals surface area contributed by atoms with Gasteiger partial charge in [0, 0.05) is 18.9 Å². The summed E-state index contributed by atoms with van der Waals surface area (Å²) in [7, 11) is 0. The Bertz CT molecular complexity index is 807. The van der Waals surface area contributed by atoms with Crippen molar-refractivity contribution in [1.82, 2.24) is 19.9 Å². The van der Waals surface area contributed by atoms with Crippen molar-refractivity contribution in [3.8, 4) is 0 Å². The summed E-state index contributed by atoms with van der Waals surface area (Å²) >= 11 is 0. The molecular formula is C17H18F2N4O. The number of aromatic nitrogens is 3. The summed E-state index contributed by atoms with van der Waals surface area (Å²) in [4.78, 5) is 8.21. The molecule has 24 heavy (non-hydrogen) atoms. The molecule has 1 aromatic carbocycles. The normalized spacial score (nSPS) is 14.2. The first-order valence-corrected chi connectivity index (χ1v) is 7.64. The summed E-state index contributed by atoms with van der Waals surface area (Å²) in [5.74, 6) is 0.244. The minimum absolute atomic E-state index is 0.220. The number of pyridine rings is 1. The maximum atomic E-state index is 13.5. The fraction of sp³-hybridized carbons (Fsp3) is 0.294. The summed E-state index contributed by atoms with van der Waals surface area (Å²) in [6, 6.07) is 9.78. The number of nitrogens with one attached hydrogen (secondary N) is 1. The zero-order valence-electron chi connectivity index (χ0n) is 13.1. The Morgan fingerprint density at radius 2 is 1.88 bits per heavy atom. The van der Waals surface area contributed by atoms with Crippen LogP contribution in [0.3, 0.4) is 0 Å². The van der Waals surface area contributed by atoms with Crippen LogP contribution in [-0.2, 0) is 0 Å². The molecule has 0 saturated carbocycles. The summed E-state index contributed by atoms with van der Waals surface area (Å²) < 4.78 is 27.8. The van der Waals surface area contributed by atoms with E-state index in [0.29, 0.717) is 16.6 Å². The van der Waals surface area contributed by atoms with Gasteiger partial charge in [-0.2, -0.15) is 8.78 Å². The first-order chi connectivity index (χ1) is 11.6. The monoisotopic (exact) mass is 332 g/mol. The molecule has 2 aromatic heterocycles. The molecule has 0 unspecified atom stereocenters. The van der Waals surface area contributed by atoms with Gasteiger partial charge in [-0.1, -0.05) is 12.1 Å². The van der Waals surface area contributed by atoms with Gasteiger partial charge in [-0.25, -0.2) is 4.98 Å². The lowest BCUT2D eigenvalue weighted by molar-refractivity contribution is 0.0694. The molecule has 2 N–H and O–H groups in total. The van der Waals surface area contributed by atoms with Gasteiger partial charge in [0.2, 0.25) is 0 Å². The van der Waals surface area contributed by atoms with Gasteiger partial charge >= 0.3 is 6.55 Å². The van der Waals surface area contributed by atoms with Crippen LogP contribution >= 0.6 is 0 Å². The number of hydrogen-bond acceptors (Lipinski definition) is 4. The van der Waals surface area contributed by atoms with Crippen LogP contribution in [0.25, 0.3) is 11.0 Å².